The van der Waals surface area contributed by atoms with E-state index in [9.17, 15) is 5.11 Å². The molecule has 1 unspecified atom stereocenters. The summed E-state index contributed by atoms with van der Waals surface area (Å²) >= 11 is 0. The minimum Gasteiger partial charge on any atom is -0.390 e. The molecule has 1 aromatic carbocycles. The zero-order chi connectivity index (χ0) is 12.3. The zero-order valence-electron chi connectivity index (χ0n) is 10.7. The first-order valence-corrected chi connectivity index (χ1v) is 6.40. The molecule has 0 radical (unpaired) electrons. The van der Waals surface area contributed by atoms with Gasteiger partial charge in [-0.05, 0) is 23.6 Å². The van der Waals surface area contributed by atoms with Crippen LogP contribution < -0.4 is 10.2 Å². The second-order valence-electron chi connectivity index (χ2n) is 5.05. The molecule has 2 N–H and O–H groups in total. The Bertz CT molecular complexity index is 348. The van der Waals surface area contributed by atoms with Crippen LogP contribution in [-0.2, 0) is 0 Å². The summed E-state index contributed by atoms with van der Waals surface area (Å²) < 4.78 is 0. The summed E-state index contributed by atoms with van der Waals surface area (Å²) in [5.41, 5.74) is 2.57. The van der Waals surface area contributed by atoms with E-state index in [0.717, 1.165) is 13.1 Å². The molecule has 0 aliphatic carbocycles. The van der Waals surface area contributed by atoms with E-state index in [1.54, 1.807) is 0 Å². The molecule has 1 aromatic rings. The van der Waals surface area contributed by atoms with Gasteiger partial charge in [-0.1, -0.05) is 26.0 Å². The number of benzene rings is 1. The molecule has 2 rings (SSSR count). The Morgan fingerprint density at radius 3 is 2.65 bits per heavy atom. The van der Waals surface area contributed by atoms with Gasteiger partial charge in [0.2, 0.25) is 0 Å². The quantitative estimate of drug-likeness (QED) is 0.815. The maximum atomic E-state index is 9.76. The summed E-state index contributed by atoms with van der Waals surface area (Å²) in [4.78, 5) is 2.24. The van der Waals surface area contributed by atoms with Crippen molar-refractivity contribution in [3.8, 4) is 0 Å². The lowest BCUT2D eigenvalue weighted by molar-refractivity contribution is 0.185. The second-order valence-corrected chi connectivity index (χ2v) is 5.05. The molecular weight excluding hydrogens is 212 g/mol. The van der Waals surface area contributed by atoms with Gasteiger partial charge in [-0.15, -0.1) is 0 Å². The van der Waals surface area contributed by atoms with E-state index in [0.29, 0.717) is 19.0 Å². The van der Waals surface area contributed by atoms with Crippen LogP contribution in [0.3, 0.4) is 0 Å². The normalized spacial score (nSPS) is 21.6. The molecule has 17 heavy (non-hydrogen) atoms. The first kappa shape index (κ1) is 12.4. The lowest BCUT2D eigenvalue weighted by Crippen LogP contribution is -2.32. The van der Waals surface area contributed by atoms with Crippen molar-refractivity contribution in [2.45, 2.75) is 25.9 Å². The highest BCUT2D eigenvalue weighted by Gasteiger charge is 2.15. The molecule has 1 aliphatic rings. The van der Waals surface area contributed by atoms with E-state index >= 15 is 0 Å². The van der Waals surface area contributed by atoms with E-state index < -0.39 is 0 Å². The number of hydrogen-bond acceptors (Lipinski definition) is 3. The van der Waals surface area contributed by atoms with Crippen molar-refractivity contribution in [1.82, 2.24) is 5.32 Å². The average Bonchev–Trinajstić information content (AvgIpc) is 2.54. The van der Waals surface area contributed by atoms with Crippen molar-refractivity contribution in [1.29, 1.82) is 0 Å². The largest absolute Gasteiger partial charge is 0.390 e. The minimum absolute atomic E-state index is 0.276. The van der Waals surface area contributed by atoms with Gasteiger partial charge in [0.25, 0.3) is 0 Å². The van der Waals surface area contributed by atoms with Gasteiger partial charge >= 0.3 is 0 Å². The molecule has 1 fully saturated rings. The summed E-state index contributed by atoms with van der Waals surface area (Å²) in [6.07, 6.45) is -0.276. The van der Waals surface area contributed by atoms with Gasteiger partial charge in [0.1, 0.15) is 0 Å². The number of nitrogens with zero attached hydrogens (tertiary/aromatic N) is 1. The predicted octanol–water partition coefficient (Wildman–Crippen LogP) is 1.58. The Balaban J connectivity index is 2.10. The van der Waals surface area contributed by atoms with Crippen molar-refractivity contribution >= 4 is 5.69 Å². The highest BCUT2D eigenvalue weighted by atomic mass is 16.3. The molecule has 0 saturated carbocycles. The van der Waals surface area contributed by atoms with Gasteiger partial charge in [-0.25, -0.2) is 0 Å². The first-order valence-electron chi connectivity index (χ1n) is 6.40. The number of hydrogen-bond donors (Lipinski definition) is 2. The lowest BCUT2D eigenvalue weighted by Gasteiger charge is -2.24. The molecule has 94 valence electrons. The smallest absolute Gasteiger partial charge is 0.0839 e. The third-order valence-corrected chi connectivity index (χ3v) is 3.29. The minimum atomic E-state index is -0.276. The van der Waals surface area contributed by atoms with E-state index in [1.165, 1.54) is 11.3 Å². The lowest BCUT2D eigenvalue weighted by atomic mass is 10.0. The molecule has 0 amide bonds. The Kier molecular flexibility index (Phi) is 4.02. The van der Waals surface area contributed by atoms with Gasteiger partial charge in [-0.2, -0.15) is 0 Å². The van der Waals surface area contributed by atoms with Gasteiger partial charge in [0.15, 0.2) is 0 Å². The molecule has 1 aliphatic heterocycles. The molecule has 1 saturated heterocycles. The molecule has 3 heteroatoms. The second kappa shape index (κ2) is 5.52. The number of aliphatic hydroxyl groups is 1. The first-order chi connectivity index (χ1) is 8.16. The van der Waals surface area contributed by atoms with Crippen molar-refractivity contribution in [2.75, 3.05) is 31.1 Å². The molecule has 0 spiro atoms. The van der Waals surface area contributed by atoms with Crippen LogP contribution >= 0.6 is 0 Å². The van der Waals surface area contributed by atoms with Crippen molar-refractivity contribution < 1.29 is 5.11 Å². The van der Waals surface area contributed by atoms with Crippen LogP contribution in [0.4, 0.5) is 5.69 Å². The maximum absolute atomic E-state index is 9.76. The van der Waals surface area contributed by atoms with Crippen LogP contribution in [0, 0.1) is 0 Å². The Morgan fingerprint density at radius 2 is 2.00 bits per heavy atom. The molecule has 0 aromatic heterocycles. The highest BCUT2D eigenvalue weighted by molar-refractivity contribution is 5.48. The molecule has 0 bridgehead atoms. The topological polar surface area (TPSA) is 35.5 Å². The maximum Gasteiger partial charge on any atom is 0.0839 e. The number of anilines is 1. The van der Waals surface area contributed by atoms with Crippen LogP contribution in [0.2, 0.25) is 0 Å². The summed E-state index contributed by atoms with van der Waals surface area (Å²) in [5, 5.41) is 13.0. The van der Waals surface area contributed by atoms with Gasteiger partial charge < -0.3 is 15.3 Å². The van der Waals surface area contributed by atoms with Crippen LogP contribution in [0.25, 0.3) is 0 Å². The summed E-state index contributed by atoms with van der Waals surface area (Å²) in [7, 11) is 0. The van der Waals surface area contributed by atoms with Gasteiger partial charge in [0, 0.05) is 31.9 Å². The fraction of sp³-hybridized carbons (Fsp3) is 0.571. The van der Waals surface area contributed by atoms with Crippen molar-refractivity contribution in [3.63, 3.8) is 0 Å². The van der Waals surface area contributed by atoms with Crippen molar-refractivity contribution in [2.24, 2.45) is 0 Å². The van der Waals surface area contributed by atoms with Crippen molar-refractivity contribution in [3.05, 3.63) is 29.8 Å². The monoisotopic (exact) mass is 234 g/mol. The Morgan fingerprint density at radius 1 is 1.29 bits per heavy atom. The standard InChI is InChI=1S/C14H22N2O/c1-11(2)12-3-5-13(6-4-12)16-8-7-15-9-14(17)10-16/h3-6,11,14-15,17H,7-10H2,1-2H3. The van der Waals surface area contributed by atoms with E-state index in [-0.39, 0.29) is 6.10 Å². The SMILES string of the molecule is CC(C)c1ccc(N2CCNCC(O)C2)cc1. The Hall–Kier alpha value is -1.06. The van der Waals surface area contributed by atoms with E-state index in [1.807, 2.05) is 0 Å². The van der Waals surface area contributed by atoms with Gasteiger partial charge in [-0.3, -0.25) is 0 Å². The molecule has 3 nitrogen and oxygen atoms in total. The number of β-amino-alcohol motifs (C(OH)–C–C–N with tert-alkyl or cyclic N) is 1. The number of aliphatic hydroxyl groups excluding tert-OH is 1. The molecule has 1 heterocycles. The number of nitrogens with one attached hydrogen (secondary N) is 1. The number of rotatable bonds is 2. The van der Waals surface area contributed by atoms with E-state index in [2.05, 4.69) is 48.3 Å². The van der Waals surface area contributed by atoms with Gasteiger partial charge in [0.05, 0.1) is 6.10 Å². The third-order valence-electron chi connectivity index (χ3n) is 3.29. The predicted molar refractivity (Wildman–Crippen MR) is 71.6 cm³/mol. The average molecular weight is 234 g/mol. The van der Waals surface area contributed by atoms with Crippen LogP contribution in [0.5, 0.6) is 0 Å². The summed E-state index contributed by atoms with van der Waals surface area (Å²) in [6.45, 7) is 7.71. The molecular formula is C14H22N2O. The summed E-state index contributed by atoms with van der Waals surface area (Å²) in [5.74, 6) is 0.570. The Labute approximate surface area is 103 Å². The summed E-state index contributed by atoms with van der Waals surface area (Å²) in [6, 6.07) is 8.69. The van der Waals surface area contributed by atoms with E-state index in [4.69, 9.17) is 0 Å². The highest BCUT2D eigenvalue weighted by Crippen LogP contribution is 2.20. The van der Waals surface area contributed by atoms with Crippen LogP contribution in [0.1, 0.15) is 25.3 Å². The van der Waals surface area contributed by atoms with Crippen LogP contribution in [-0.4, -0.2) is 37.4 Å². The van der Waals surface area contributed by atoms with Crippen LogP contribution in [0.15, 0.2) is 24.3 Å². The fourth-order valence-corrected chi connectivity index (χ4v) is 2.20. The fourth-order valence-electron chi connectivity index (χ4n) is 2.20. The third kappa shape index (κ3) is 3.20. The zero-order valence-corrected chi connectivity index (χ0v) is 10.7. The molecule has 1 atom stereocenters.